The van der Waals surface area contributed by atoms with Crippen LogP contribution in [0.5, 0.6) is 0 Å². The zero-order valence-electron chi connectivity index (χ0n) is 13.8. The summed E-state index contributed by atoms with van der Waals surface area (Å²) in [5, 5.41) is 10.5. The number of halogens is 1. The van der Waals surface area contributed by atoms with Gasteiger partial charge in [0.15, 0.2) is 0 Å². The molecule has 23 heavy (non-hydrogen) atoms. The molecule has 1 aromatic rings. The molecule has 0 saturated carbocycles. The molecule has 1 aliphatic heterocycles. The Hall–Kier alpha value is -0.750. The molecule has 4 nitrogen and oxygen atoms in total. The summed E-state index contributed by atoms with van der Waals surface area (Å²) in [5.74, 6) is 0.562. The molecule has 0 aromatic heterocycles. The highest BCUT2D eigenvalue weighted by Gasteiger charge is 2.37. The summed E-state index contributed by atoms with van der Waals surface area (Å²) in [6.45, 7) is 2.35. The van der Waals surface area contributed by atoms with Crippen LogP contribution in [0, 0.1) is 5.41 Å². The van der Waals surface area contributed by atoms with E-state index in [0.29, 0.717) is 17.3 Å². The van der Waals surface area contributed by atoms with Crippen molar-refractivity contribution >= 4 is 29.3 Å². The van der Waals surface area contributed by atoms with E-state index < -0.39 is 0 Å². The maximum absolute atomic E-state index is 12.5. The van der Waals surface area contributed by atoms with Crippen LogP contribution in [0.25, 0.3) is 0 Å². The predicted molar refractivity (Wildman–Crippen MR) is 96.1 cm³/mol. The highest BCUT2D eigenvalue weighted by molar-refractivity contribution is 8.00. The van der Waals surface area contributed by atoms with Crippen molar-refractivity contribution in [2.45, 2.75) is 17.7 Å². The number of carbonyl (C=O) groups excluding carboxylic acids is 1. The molecule has 6 heteroatoms. The number of nitrogens with zero attached hydrogens (tertiary/aromatic N) is 2. The molecule has 1 aromatic carbocycles. The average molecular weight is 357 g/mol. The number of benzene rings is 1. The van der Waals surface area contributed by atoms with E-state index in [4.69, 9.17) is 11.6 Å². The minimum Gasteiger partial charge on any atom is -0.396 e. The van der Waals surface area contributed by atoms with Crippen molar-refractivity contribution in [1.29, 1.82) is 0 Å². The number of thioether (sulfide) groups is 1. The molecule has 2 rings (SSSR count). The lowest BCUT2D eigenvalue weighted by Crippen LogP contribution is -2.52. The third-order valence-corrected chi connectivity index (χ3v) is 5.43. The second kappa shape index (κ2) is 8.38. The Kier molecular flexibility index (Phi) is 6.77. The van der Waals surface area contributed by atoms with E-state index in [2.05, 4.69) is 4.90 Å². The molecule has 1 atom stereocenters. The first-order valence-corrected chi connectivity index (χ1v) is 9.22. The molecule has 1 heterocycles. The maximum Gasteiger partial charge on any atom is 0.232 e. The lowest BCUT2D eigenvalue weighted by molar-refractivity contribution is -0.133. The van der Waals surface area contributed by atoms with Crippen molar-refractivity contribution in [2.24, 2.45) is 5.41 Å². The lowest BCUT2D eigenvalue weighted by Gasteiger charge is -2.43. The third-order valence-electron chi connectivity index (χ3n) is 4.18. The first kappa shape index (κ1) is 18.6. The quantitative estimate of drug-likeness (QED) is 0.796. The van der Waals surface area contributed by atoms with E-state index in [1.807, 2.05) is 43.3 Å². The van der Waals surface area contributed by atoms with E-state index in [0.717, 1.165) is 30.8 Å². The average Bonchev–Trinajstić information content (AvgIpc) is 2.53. The first-order chi connectivity index (χ1) is 10.9. The number of amides is 1. The summed E-state index contributed by atoms with van der Waals surface area (Å²) >= 11 is 7.40. The van der Waals surface area contributed by atoms with Crippen LogP contribution < -0.4 is 0 Å². The van der Waals surface area contributed by atoms with Gasteiger partial charge in [0.25, 0.3) is 0 Å². The van der Waals surface area contributed by atoms with E-state index in [-0.39, 0.29) is 17.9 Å². The van der Waals surface area contributed by atoms with Crippen LogP contribution in [0.15, 0.2) is 29.2 Å². The number of likely N-dealkylation sites (tertiary alicyclic amines) is 1. The number of hydrogen-bond acceptors (Lipinski definition) is 4. The Morgan fingerprint density at radius 1 is 1.39 bits per heavy atom. The predicted octanol–water partition coefficient (Wildman–Crippen LogP) is 2.59. The van der Waals surface area contributed by atoms with Crippen LogP contribution >= 0.6 is 23.4 Å². The van der Waals surface area contributed by atoms with Crippen molar-refractivity contribution in [2.75, 3.05) is 46.1 Å². The molecular weight excluding hydrogens is 332 g/mol. The van der Waals surface area contributed by atoms with Crippen LogP contribution in [0.3, 0.4) is 0 Å². The highest BCUT2D eigenvalue weighted by atomic mass is 35.5. The van der Waals surface area contributed by atoms with Gasteiger partial charge in [-0.15, -0.1) is 11.8 Å². The lowest BCUT2D eigenvalue weighted by atomic mass is 9.80. The minimum atomic E-state index is -0.192. The summed E-state index contributed by atoms with van der Waals surface area (Å²) in [7, 11) is 4.02. The van der Waals surface area contributed by atoms with Crippen molar-refractivity contribution in [1.82, 2.24) is 9.80 Å². The normalized spacial score (nSPS) is 21.7. The topological polar surface area (TPSA) is 43.8 Å². The SMILES string of the molecule is CN(C)CC1(CO)CCCN(C(=O)CSc2ccc(Cl)cc2)C1. The van der Waals surface area contributed by atoms with Crippen LogP contribution in [0.1, 0.15) is 12.8 Å². The Morgan fingerprint density at radius 2 is 2.09 bits per heavy atom. The van der Waals surface area contributed by atoms with Gasteiger partial charge in [0.05, 0.1) is 12.4 Å². The fraction of sp³-hybridized carbons (Fsp3) is 0.588. The molecule has 1 fully saturated rings. The van der Waals surface area contributed by atoms with E-state index in [9.17, 15) is 9.90 Å². The number of aliphatic hydroxyl groups excluding tert-OH is 1. The van der Waals surface area contributed by atoms with Crippen molar-refractivity contribution in [3.8, 4) is 0 Å². The van der Waals surface area contributed by atoms with Crippen LogP contribution in [-0.4, -0.2) is 66.9 Å². The van der Waals surface area contributed by atoms with Crippen molar-refractivity contribution in [3.05, 3.63) is 29.3 Å². The molecule has 0 aliphatic carbocycles. The number of hydrogen-bond donors (Lipinski definition) is 1. The van der Waals surface area contributed by atoms with Crippen LogP contribution in [-0.2, 0) is 4.79 Å². The standard InChI is InChI=1S/C17H25ClN2O2S/c1-19(2)11-17(13-21)8-3-9-20(12-17)16(22)10-23-15-6-4-14(18)5-7-15/h4-7,21H,3,8-13H2,1-2H3. The van der Waals surface area contributed by atoms with Gasteiger partial charge < -0.3 is 14.9 Å². The molecule has 1 saturated heterocycles. The summed E-state index contributed by atoms with van der Waals surface area (Å²) in [6.07, 6.45) is 1.92. The molecule has 1 N–H and O–H groups in total. The van der Waals surface area contributed by atoms with E-state index in [1.54, 1.807) is 0 Å². The van der Waals surface area contributed by atoms with Gasteiger partial charge in [-0.2, -0.15) is 0 Å². The Bertz CT molecular complexity index is 524. The molecular formula is C17H25ClN2O2S. The van der Waals surface area contributed by atoms with E-state index in [1.165, 1.54) is 11.8 Å². The fourth-order valence-electron chi connectivity index (χ4n) is 3.17. The van der Waals surface area contributed by atoms with Gasteiger partial charge in [0.2, 0.25) is 5.91 Å². The van der Waals surface area contributed by atoms with Crippen LogP contribution in [0.4, 0.5) is 0 Å². The summed E-state index contributed by atoms with van der Waals surface area (Å²) < 4.78 is 0. The van der Waals surface area contributed by atoms with Gasteiger partial charge in [-0.25, -0.2) is 0 Å². The highest BCUT2D eigenvalue weighted by Crippen LogP contribution is 2.31. The number of piperidine rings is 1. The third kappa shape index (κ3) is 5.38. The fourth-order valence-corrected chi connectivity index (χ4v) is 4.09. The second-order valence-corrected chi connectivity index (χ2v) is 8.04. The smallest absolute Gasteiger partial charge is 0.232 e. The molecule has 1 unspecified atom stereocenters. The molecule has 1 aliphatic rings. The minimum absolute atomic E-state index is 0.124. The Balaban J connectivity index is 1.92. The summed E-state index contributed by atoms with van der Waals surface area (Å²) in [4.78, 5) is 17.6. The van der Waals surface area contributed by atoms with Gasteiger partial charge in [-0.3, -0.25) is 4.79 Å². The molecule has 0 bridgehead atoms. The van der Waals surface area contributed by atoms with Gasteiger partial charge in [-0.1, -0.05) is 11.6 Å². The van der Waals surface area contributed by atoms with Crippen molar-refractivity contribution < 1.29 is 9.90 Å². The molecule has 128 valence electrons. The van der Waals surface area contributed by atoms with Crippen molar-refractivity contribution in [3.63, 3.8) is 0 Å². The monoisotopic (exact) mass is 356 g/mol. The number of aliphatic hydroxyl groups is 1. The second-order valence-electron chi connectivity index (χ2n) is 6.56. The first-order valence-electron chi connectivity index (χ1n) is 7.86. The van der Waals surface area contributed by atoms with Gasteiger partial charge in [0, 0.05) is 35.0 Å². The summed E-state index contributed by atoms with van der Waals surface area (Å²) in [6, 6.07) is 7.54. The zero-order valence-corrected chi connectivity index (χ0v) is 15.4. The number of carbonyl (C=O) groups is 1. The molecule has 0 radical (unpaired) electrons. The largest absolute Gasteiger partial charge is 0.396 e. The van der Waals surface area contributed by atoms with Crippen LogP contribution in [0.2, 0.25) is 5.02 Å². The van der Waals surface area contributed by atoms with Gasteiger partial charge in [0.1, 0.15) is 0 Å². The van der Waals surface area contributed by atoms with Gasteiger partial charge in [-0.05, 0) is 51.2 Å². The number of rotatable bonds is 6. The molecule has 0 spiro atoms. The molecule has 1 amide bonds. The van der Waals surface area contributed by atoms with E-state index >= 15 is 0 Å². The Morgan fingerprint density at radius 3 is 2.70 bits per heavy atom. The maximum atomic E-state index is 12.5. The summed E-state index contributed by atoms with van der Waals surface area (Å²) in [5.41, 5.74) is -0.192. The van der Waals surface area contributed by atoms with Gasteiger partial charge >= 0.3 is 0 Å². The zero-order chi connectivity index (χ0) is 16.9. The Labute approximate surface area is 147 Å².